The third-order valence-corrected chi connectivity index (χ3v) is 2.39. The first kappa shape index (κ1) is 12.5. The molecule has 1 atom stereocenters. The van der Waals surface area contributed by atoms with E-state index in [1.54, 1.807) is 25.1 Å². The number of benzene rings is 1. The Balaban J connectivity index is 2.90. The topological polar surface area (TPSA) is 59.3 Å². The average Bonchev–Trinajstić information content (AvgIpc) is 2.30. The molecule has 0 N–H and O–H groups in total. The minimum absolute atomic E-state index is 0.364. The largest absolute Gasteiger partial charge is 0.478 e. The van der Waals surface area contributed by atoms with Gasteiger partial charge in [0.1, 0.15) is 11.8 Å². The van der Waals surface area contributed by atoms with Crippen LogP contribution >= 0.6 is 15.9 Å². The predicted molar refractivity (Wildman–Crippen MR) is 61.0 cm³/mol. The summed E-state index contributed by atoms with van der Waals surface area (Å²) in [5.41, 5.74) is 0.366. The summed E-state index contributed by atoms with van der Waals surface area (Å²) in [6.45, 7) is 1.56. The first-order chi connectivity index (χ1) is 7.58. The number of rotatable bonds is 3. The lowest BCUT2D eigenvalue weighted by Gasteiger charge is -2.13. The predicted octanol–water partition coefficient (Wildman–Crippen LogP) is 2.26. The molecule has 0 aliphatic rings. The molecule has 0 aliphatic carbocycles. The van der Waals surface area contributed by atoms with Crippen molar-refractivity contribution in [2.75, 3.05) is 7.11 Å². The fourth-order valence-corrected chi connectivity index (χ4v) is 1.46. The number of hydrogen-bond acceptors (Lipinski definition) is 4. The Morgan fingerprint density at radius 3 is 2.81 bits per heavy atom. The zero-order valence-electron chi connectivity index (χ0n) is 8.86. The molecule has 4 nitrogen and oxygen atoms in total. The third-order valence-electron chi connectivity index (χ3n) is 1.90. The molecule has 0 fully saturated rings. The number of ether oxygens (including phenoxy) is 2. The lowest BCUT2D eigenvalue weighted by Crippen LogP contribution is -2.25. The molecule has 0 saturated carbocycles. The Morgan fingerprint density at radius 1 is 1.56 bits per heavy atom. The van der Waals surface area contributed by atoms with Gasteiger partial charge in [0.15, 0.2) is 6.10 Å². The van der Waals surface area contributed by atoms with E-state index in [1.807, 2.05) is 6.07 Å². The van der Waals surface area contributed by atoms with E-state index in [1.165, 1.54) is 7.11 Å². The van der Waals surface area contributed by atoms with Gasteiger partial charge < -0.3 is 9.47 Å². The van der Waals surface area contributed by atoms with Crippen LogP contribution in [0.3, 0.4) is 0 Å². The normalized spacial score (nSPS) is 11.4. The van der Waals surface area contributed by atoms with E-state index in [4.69, 9.17) is 10.00 Å². The maximum absolute atomic E-state index is 11.1. The summed E-state index contributed by atoms with van der Waals surface area (Å²) in [6, 6.07) is 6.98. The molecule has 0 bridgehead atoms. The van der Waals surface area contributed by atoms with Crippen LogP contribution in [0, 0.1) is 11.3 Å². The molecular weight excluding hydrogens is 274 g/mol. The van der Waals surface area contributed by atoms with Crippen molar-refractivity contribution < 1.29 is 14.3 Å². The molecule has 1 aromatic carbocycles. The van der Waals surface area contributed by atoms with Gasteiger partial charge in [0, 0.05) is 4.47 Å². The van der Waals surface area contributed by atoms with Crippen molar-refractivity contribution in [3.63, 3.8) is 0 Å². The molecule has 0 radical (unpaired) electrons. The van der Waals surface area contributed by atoms with Crippen molar-refractivity contribution in [1.82, 2.24) is 0 Å². The molecule has 1 unspecified atom stereocenters. The number of hydrogen-bond donors (Lipinski definition) is 0. The second-order valence-electron chi connectivity index (χ2n) is 3.04. The fraction of sp³-hybridized carbons (Fsp3) is 0.273. The van der Waals surface area contributed by atoms with Gasteiger partial charge in [0.05, 0.1) is 12.7 Å². The molecule has 0 spiro atoms. The van der Waals surface area contributed by atoms with Gasteiger partial charge in [-0.15, -0.1) is 0 Å². The molecule has 84 valence electrons. The molecule has 5 heteroatoms. The van der Waals surface area contributed by atoms with Crippen molar-refractivity contribution in [3.8, 4) is 11.8 Å². The summed E-state index contributed by atoms with van der Waals surface area (Å²) in [6.07, 6.45) is -0.738. The van der Waals surface area contributed by atoms with E-state index in [2.05, 4.69) is 20.7 Å². The van der Waals surface area contributed by atoms with Crippen LogP contribution in [0.15, 0.2) is 22.7 Å². The average molecular weight is 284 g/mol. The summed E-state index contributed by atoms with van der Waals surface area (Å²) >= 11 is 3.25. The molecule has 0 aliphatic heterocycles. The van der Waals surface area contributed by atoms with Crippen LogP contribution in [0.1, 0.15) is 12.5 Å². The second kappa shape index (κ2) is 5.52. The highest BCUT2D eigenvalue weighted by Gasteiger charge is 2.16. The van der Waals surface area contributed by atoms with Crippen LogP contribution < -0.4 is 4.74 Å². The van der Waals surface area contributed by atoms with E-state index in [9.17, 15) is 4.79 Å². The minimum Gasteiger partial charge on any atom is -0.478 e. The fourth-order valence-electron chi connectivity index (χ4n) is 1.10. The number of carbonyl (C=O) groups is 1. The lowest BCUT2D eigenvalue weighted by atomic mass is 10.2. The highest BCUT2D eigenvalue weighted by molar-refractivity contribution is 9.10. The zero-order valence-corrected chi connectivity index (χ0v) is 10.4. The Bertz CT molecular complexity index is 439. The van der Waals surface area contributed by atoms with Crippen molar-refractivity contribution in [2.45, 2.75) is 13.0 Å². The van der Waals surface area contributed by atoms with Crippen LogP contribution in [-0.2, 0) is 9.53 Å². The van der Waals surface area contributed by atoms with Crippen molar-refractivity contribution in [1.29, 1.82) is 5.26 Å². The van der Waals surface area contributed by atoms with Gasteiger partial charge in [-0.3, -0.25) is 0 Å². The first-order valence-corrected chi connectivity index (χ1v) is 5.32. The van der Waals surface area contributed by atoms with Crippen LogP contribution in [0.25, 0.3) is 0 Å². The highest BCUT2D eigenvalue weighted by atomic mass is 79.9. The summed E-state index contributed by atoms with van der Waals surface area (Å²) in [7, 11) is 1.29. The lowest BCUT2D eigenvalue weighted by molar-refractivity contribution is -0.147. The minimum atomic E-state index is -0.738. The molecule has 0 aromatic heterocycles. The number of nitrogens with zero attached hydrogens (tertiary/aromatic N) is 1. The summed E-state index contributed by atoms with van der Waals surface area (Å²) in [4.78, 5) is 11.1. The quantitative estimate of drug-likeness (QED) is 0.799. The number of halogens is 1. The zero-order chi connectivity index (χ0) is 12.1. The first-order valence-electron chi connectivity index (χ1n) is 4.52. The van der Waals surface area contributed by atoms with Crippen molar-refractivity contribution >= 4 is 21.9 Å². The third kappa shape index (κ3) is 2.97. The van der Waals surface area contributed by atoms with Crippen molar-refractivity contribution in [3.05, 3.63) is 28.2 Å². The van der Waals surface area contributed by atoms with Crippen LogP contribution in [0.5, 0.6) is 5.75 Å². The van der Waals surface area contributed by atoms with Crippen LogP contribution in [0.2, 0.25) is 0 Å². The highest BCUT2D eigenvalue weighted by Crippen LogP contribution is 2.23. The van der Waals surface area contributed by atoms with Gasteiger partial charge in [0.25, 0.3) is 0 Å². The standard InChI is InChI=1S/C11H10BrNO3/c1-7(11(14)15-2)16-10-4-3-9(12)5-8(10)6-13/h3-5,7H,1-2H3. The number of methoxy groups -OCH3 is 1. The van der Waals surface area contributed by atoms with E-state index in [-0.39, 0.29) is 0 Å². The molecule has 0 heterocycles. The number of nitriles is 1. The smallest absolute Gasteiger partial charge is 0.346 e. The van der Waals surface area contributed by atoms with Gasteiger partial charge in [0.2, 0.25) is 0 Å². The molecule has 0 saturated heterocycles. The molecular formula is C11H10BrNO3. The second-order valence-corrected chi connectivity index (χ2v) is 3.95. The van der Waals surface area contributed by atoms with Crippen LogP contribution in [-0.4, -0.2) is 19.2 Å². The molecule has 0 amide bonds. The van der Waals surface area contributed by atoms with Crippen molar-refractivity contribution in [2.24, 2.45) is 0 Å². The molecule has 16 heavy (non-hydrogen) atoms. The number of carbonyl (C=O) groups excluding carboxylic acids is 1. The van der Waals surface area contributed by atoms with E-state index in [0.29, 0.717) is 11.3 Å². The maximum Gasteiger partial charge on any atom is 0.346 e. The van der Waals surface area contributed by atoms with Gasteiger partial charge in [-0.05, 0) is 25.1 Å². The number of esters is 1. The van der Waals surface area contributed by atoms with Crippen LogP contribution in [0.4, 0.5) is 0 Å². The molecule has 1 rings (SSSR count). The summed E-state index contributed by atoms with van der Waals surface area (Å²) in [5.74, 6) is -0.115. The Labute approximate surface area is 102 Å². The summed E-state index contributed by atoms with van der Waals surface area (Å²) in [5, 5.41) is 8.88. The SMILES string of the molecule is COC(=O)C(C)Oc1ccc(Br)cc1C#N. The van der Waals surface area contributed by atoms with Gasteiger partial charge in [-0.1, -0.05) is 15.9 Å². The maximum atomic E-state index is 11.1. The van der Waals surface area contributed by atoms with Gasteiger partial charge >= 0.3 is 5.97 Å². The Morgan fingerprint density at radius 2 is 2.25 bits per heavy atom. The van der Waals surface area contributed by atoms with Gasteiger partial charge in [-0.25, -0.2) is 4.79 Å². The Hall–Kier alpha value is -1.54. The Kier molecular flexibility index (Phi) is 4.32. The van der Waals surface area contributed by atoms with Gasteiger partial charge in [-0.2, -0.15) is 5.26 Å². The van der Waals surface area contributed by atoms with E-state index < -0.39 is 12.1 Å². The van der Waals surface area contributed by atoms with E-state index in [0.717, 1.165) is 4.47 Å². The molecule has 1 aromatic rings. The van der Waals surface area contributed by atoms with E-state index >= 15 is 0 Å². The monoisotopic (exact) mass is 283 g/mol. The summed E-state index contributed by atoms with van der Waals surface area (Å²) < 4.78 is 10.6.